The second kappa shape index (κ2) is 4.92. The van der Waals surface area contributed by atoms with E-state index in [1.165, 1.54) is 51.4 Å². The molecule has 6 rings (SSSR count). The van der Waals surface area contributed by atoms with Gasteiger partial charge in [-0.3, -0.25) is 0 Å². The molecule has 5 saturated carbocycles. The van der Waals surface area contributed by atoms with Crippen LogP contribution in [0.1, 0.15) is 74.5 Å². The van der Waals surface area contributed by atoms with E-state index in [4.69, 9.17) is 9.72 Å². The monoisotopic (exact) mass is 314 g/mol. The van der Waals surface area contributed by atoms with Crippen molar-refractivity contribution in [3.05, 3.63) is 17.2 Å². The Labute approximate surface area is 137 Å². The lowest BCUT2D eigenvalue weighted by Gasteiger charge is -2.56. The Morgan fingerprint density at radius 1 is 1.04 bits per heavy atom. The van der Waals surface area contributed by atoms with Gasteiger partial charge < -0.3 is 9.84 Å². The Morgan fingerprint density at radius 2 is 1.65 bits per heavy atom. The van der Waals surface area contributed by atoms with E-state index in [2.05, 4.69) is 4.98 Å². The van der Waals surface area contributed by atoms with Crippen LogP contribution in [-0.2, 0) is 12.0 Å². The van der Waals surface area contributed by atoms with Gasteiger partial charge in [0, 0.05) is 11.3 Å². The molecule has 5 aliphatic carbocycles. The van der Waals surface area contributed by atoms with Crippen LogP contribution in [-0.4, -0.2) is 22.2 Å². The van der Waals surface area contributed by atoms with Crippen LogP contribution >= 0.6 is 0 Å². The van der Waals surface area contributed by atoms with Gasteiger partial charge in [0.1, 0.15) is 11.5 Å². The first kappa shape index (κ1) is 14.2. The van der Waals surface area contributed by atoms with E-state index in [0.717, 1.165) is 35.0 Å². The fraction of sp³-hybridized carbons (Fsp3) is 0.789. The zero-order valence-corrected chi connectivity index (χ0v) is 13.9. The molecule has 0 radical (unpaired) electrons. The molecule has 1 heterocycles. The third kappa shape index (κ3) is 2.14. The first-order valence-corrected chi connectivity index (χ1v) is 9.27. The zero-order chi connectivity index (χ0) is 15.6. The van der Waals surface area contributed by atoms with Gasteiger partial charge in [-0.1, -0.05) is 0 Å². The molecule has 0 aliphatic heterocycles. The highest BCUT2D eigenvalue weighted by Gasteiger charge is 2.54. The minimum absolute atomic E-state index is 0.0508. The summed E-state index contributed by atoms with van der Waals surface area (Å²) in [7, 11) is 1.71. The van der Waals surface area contributed by atoms with Gasteiger partial charge in [0.2, 0.25) is 0 Å². The number of hydrogen-bond acceptors (Lipinski definition) is 4. The first-order chi connectivity index (χ1) is 11.2. The largest absolute Gasteiger partial charge is 0.493 e. The summed E-state index contributed by atoms with van der Waals surface area (Å²) in [4.78, 5) is 9.68. The fourth-order valence-corrected chi connectivity index (χ4v) is 6.12. The second-order valence-corrected chi connectivity index (χ2v) is 8.54. The normalized spacial score (nSPS) is 38.1. The summed E-state index contributed by atoms with van der Waals surface area (Å²) in [6, 6.07) is 0. The van der Waals surface area contributed by atoms with Crippen molar-refractivity contribution < 1.29 is 9.84 Å². The van der Waals surface area contributed by atoms with E-state index in [9.17, 15) is 5.11 Å². The molecule has 4 nitrogen and oxygen atoms in total. The first-order valence-electron chi connectivity index (χ1n) is 9.27. The number of aromatic nitrogens is 2. The summed E-state index contributed by atoms with van der Waals surface area (Å²) in [5.41, 5.74) is 2.03. The molecular formula is C19H26N2O2. The number of hydrogen-bond donors (Lipinski definition) is 1. The van der Waals surface area contributed by atoms with Crippen molar-refractivity contribution in [2.45, 2.75) is 69.3 Å². The predicted octanol–water partition coefficient (Wildman–Crippen LogP) is 3.32. The van der Waals surface area contributed by atoms with Crippen LogP contribution in [0.15, 0.2) is 0 Å². The fourth-order valence-electron chi connectivity index (χ4n) is 6.12. The van der Waals surface area contributed by atoms with E-state index in [1.807, 2.05) is 0 Å². The number of aliphatic hydroxyl groups is 1. The van der Waals surface area contributed by atoms with Crippen LogP contribution in [0.4, 0.5) is 0 Å². The molecule has 0 aromatic carbocycles. The standard InChI is InChI=1S/C19H26N2O2/c1-23-16-15(10-22)20-18(14-2-3-14)21-17(16)19-7-11-4-12(8-19)6-13(5-11)9-19/h11-14,22H,2-10H2,1H3. The summed E-state index contributed by atoms with van der Waals surface area (Å²) < 4.78 is 5.73. The van der Waals surface area contributed by atoms with E-state index >= 15 is 0 Å². The smallest absolute Gasteiger partial charge is 0.164 e. The SMILES string of the molecule is COc1c(CO)nc(C2CC2)nc1C12CC3CC(CC(C3)C1)C2. The van der Waals surface area contributed by atoms with Crippen molar-refractivity contribution in [2.75, 3.05) is 7.11 Å². The summed E-state index contributed by atoms with van der Waals surface area (Å²) in [5, 5.41) is 9.81. The third-order valence-electron chi connectivity index (χ3n) is 6.79. The van der Waals surface area contributed by atoms with Gasteiger partial charge in [-0.25, -0.2) is 9.97 Å². The molecule has 4 bridgehead atoms. The quantitative estimate of drug-likeness (QED) is 0.926. The number of ether oxygens (including phenoxy) is 1. The topological polar surface area (TPSA) is 55.2 Å². The molecule has 124 valence electrons. The Hall–Kier alpha value is -1.16. The number of aliphatic hydroxyl groups excluding tert-OH is 1. The molecule has 4 heteroatoms. The van der Waals surface area contributed by atoms with Crippen LogP contribution in [0.3, 0.4) is 0 Å². The van der Waals surface area contributed by atoms with Crippen LogP contribution in [0, 0.1) is 17.8 Å². The van der Waals surface area contributed by atoms with Gasteiger partial charge in [0.05, 0.1) is 19.4 Å². The van der Waals surface area contributed by atoms with Crippen molar-refractivity contribution in [1.82, 2.24) is 9.97 Å². The maximum absolute atomic E-state index is 9.81. The Bertz CT molecular complexity index is 603. The lowest BCUT2D eigenvalue weighted by Crippen LogP contribution is -2.49. The molecule has 5 fully saturated rings. The third-order valence-corrected chi connectivity index (χ3v) is 6.79. The van der Waals surface area contributed by atoms with E-state index in [1.54, 1.807) is 7.11 Å². The predicted molar refractivity (Wildman–Crippen MR) is 86.3 cm³/mol. The Kier molecular flexibility index (Phi) is 3.04. The highest BCUT2D eigenvalue weighted by molar-refractivity contribution is 5.41. The molecule has 5 aliphatic rings. The van der Waals surface area contributed by atoms with Crippen molar-refractivity contribution in [1.29, 1.82) is 0 Å². The zero-order valence-electron chi connectivity index (χ0n) is 13.9. The minimum Gasteiger partial charge on any atom is -0.493 e. The van der Waals surface area contributed by atoms with Gasteiger partial charge in [0.25, 0.3) is 0 Å². The van der Waals surface area contributed by atoms with Crippen molar-refractivity contribution in [3.8, 4) is 5.75 Å². The molecule has 0 amide bonds. The van der Waals surface area contributed by atoms with Crippen molar-refractivity contribution in [3.63, 3.8) is 0 Å². The Balaban J connectivity index is 1.65. The lowest BCUT2D eigenvalue weighted by molar-refractivity contribution is -0.00859. The summed E-state index contributed by atoms with van der Waals surface area (Å²) in [5.74, 6) is 4.88. The number of methoxy groups -OCH3 is 1. The average molecular weight is 314 g/mol. The molecule has 1 N–H and O–H groups in total. The van der Waals surface area contributed by atoms with Crippen LogP contribution < -0.4 is 4.74 Å². The molecule has 0 saturated heterocycles. The summed E-state index contributed by atoms with van der Waals surface area (Å²) >= 11 is 0. The maximum atomic E-state index is 9.81. The molecular weight excluding hydrogens is 288 g/mol. The van der Waals surface area contributed by atoms with Gasteiger partial charge in [0.15, 0.2) is 5.75 Å². The van der Waals surface area contributed by atoms with Crippen molar-refractivity contribution >= 4 is 0 Å². The van der Waals surface area contributed by atoms with Crippen LogP contribution in [0.2, 0.25) is 0 Å². The van der Waals surface area contributed by atoms with Crippen LogP contribution in [0.5, 0.6) is 5.75 Å². The lowest BCUT2D eigenvalue weighted by atomic mass is 9.48. The van der Waals surface area contributed by atoms with Gasteiger partial charge in [-0.2, -0.15) is 0 Å². The second-order valence-electron chi connectivity index (χ2n) is 8.54. The van der Waals surface area contributed by atoms with E-state index in [-0.39, 0.29) is 12.0 Å². The van der Waals surface area contributed by atoms with E-state index in [0.29, 0.717) is 11.6 Å². The minimum atomic E-state index is -0.0508. The Morgan fingerprint density at radius 3 is 2.13 bits per heavy atom. The molecule has 0 unspecified atom stereocenters. The molecule has 0 atom stereocenters. The van der Waals surface area contributed by atoms with Gasteiger partial charge >= 0.3 is 0 Å². The highest BCUT2D eigenvalue weighted by Crippen LogP contribution is 2.61. The van der Waals surface area contributed by atoms with Crippen molar-refractivity contribution in [2.24, 2.45) is 17.8 Å². The van der Waals surface area contributed by atoms with Gasteiger partial charge in [-0.15, -0.1) is 0 Å². The molecule has 0 spiro atoms. The summed E-state index contributed by atoms with van der Waals surface area (Å²) in [6.07, 6.45) is 10.5. The van der Waals surface area contributed by atoms with Crippen LogP contribution in [0.25, 0.3) is 0 Å². The molecule has 23 heavy (non-hydrogen) atoms. The average Bonchev–Trinajstić information content (AvgIpc) is 3.37. The van der Waals surface area contributed by atoms with Gasteiger partial charge in [-0.05, 0) is 69.1 Å². The van der Waals surface area contributed by atoms with E-state index < -0.39 is 0 Å². The molecule has 1 aromatic rings. The molecule has 1 aromatic heterocycles. The summed E-state index contributed by atoms with van der Waals surface area (Å²) in [6.45, 7) is -0.0508. The number of nitrogens with zero attached hydrogens (tertiary/aromatic N) is 2. The maximum Gasteiger partial charge on any atom is 0.164 e. The number of rotatable bonds is 4. The highest BCUT2D eigenvalue weighted by atomic mass is 16.5.